The minimum Gasteiger partial charge on any atom is -0.480 e. The molecule has 0 aliphatic rings. The van der Waals surface area contributed by atoms with Gasteiger partial charge in [-0.1, -0.05) is 13.8 Å². The molecule has 9 N–H and O–H groups in total. The summed E-state index contributed by atoms with van der Waals surface area (Å²) in [6.45, 7) is 2.83. The van der Waals surface area contributed by atoms with Crippen molar-refractivity contribution in [3.05, 3.63) is 0 Å². The Labute approximate surface area is 156 Å². The summed E-state index contributed by atoms with van der Waals surface area (Å²) in [4.78, 5) is 47.1. The third-order valence-electron chi connectivity index (χ3n) is 3.70. The number of hydrogen-bond donors (Lipinski definition) is 8. The Balaban J connectivity index is 5.00. The number of amides is 3. The Kier molecular flexibility index (Phi) is 10.5. The van der Waals surface area contributed by atoms with Crippen molar-refractivity contribution < 1.29 is 39.6 Å². The molecule has 3 amide bonds. The van der Waals surface area contributed by atoms with Gasteiger partial charge in [0.05, 0.1) is 25.4 Å². The van der Waals surface area contributed by atoms with E-state index in [4.69, 9.17) is 10.8 Å². The lowest BCUT2D eigenvalue weighted by Crippen LogP contribution is -2.60. The highest BCUT2D eigenvalue weighted by molar-refractivity contribution is 5.94. The zero-order chi connectivity index (χ0) is 21.3. The average Bonchev–Trinajstić information content (AvgIpc) is 2.59. The lowest BCUT2D eigenvalue weighted by atomic mass is 10.0. The van der Waals surface area contributed by atoms with Crippen molar-refractivity contribution in [1.82, 2.24) is 16.0 Å². The van der Waals surface area contributed by atoms with Crippen LogP contribution in [0.4, 0.5) is 0 Å². The van der Waals surface area contributed by atoms with Gasteiger partial charge in [0.15, 0.2) is 6.04 Å². The number of carbonyl (C=O) groups is 4. The number of aliphatic hydroxyl groups excluding tert-OH is 3. The standard InChI is InChI=1S/C15H28N4O8/c1-6(2)10(16)14(25)18-8(4-20)12(23)17-9(5-21)13(24)19-11(7(3)22)15(26)27/h6-11,20-22H,4-5,16H2,1-3H3,(H,17,23)(H,18,25)(H,19,24)(H,26,27)/t7?,8-,9-,10-,11-/m0/s1. The smallest absolute Gasteiger partial charge is 0.328 e. The van der Waals surface area contributed by atoms with Crippen molar-refractivity contribution in [2.24, 2.45) is 11.7 Å². The molecule has 0 radical (unpaired) electrons. The highest BCUT2D eigenvalue weighted by Gasteiger charge is 2.31. The Morgan fingerprint density at radius 2 is 1.26 bits per heavy atom. The molecule has 156 valence electrons. The maximum absolute atomic E-state index is 12.1. The van der Waals surface area contributed by atoms with Crippen LogP contribution in [0.2, 0.25) is 0 Å². The van der Waals surface area contributed by atoms with Gasteiger partial charge in [-0.15, -0.1) is 0 Å². The minimum absolute atomic E-state index is 0.225. The summed E-state index contributed by atoms with van der Waals surface area (Å²) in [7, 11) is 0. The molecular formula is C15H28N4O8. The van der Waals surface area contributed by atoms with Gasteiger partial charge in [0.1, 0.15) is 12.1 Å². The van der Waals surface area contributed by atoms with Gasteiger partial charge in [0.25, 0.3) is 0 Å². The van der Waals surface area contributed by atoms with Crippen molar-refractivity contribution >= 4 is 23.7 Å². The molecule has 5 atom stereocenters. The highest BCUT2D eigenvalue weighted by Crippen LogP contribution is 2.00. The maximum Gasteiger partial charge on any atom is 0.328 e. The number of nitrogens with two attached hydrogens (primary N) is 1. The van der Waals surface area contributed by atoms with Gasteiger partial charge in [-0.2, -0.15) is 0 Å². The van der Waals surface area contributed by atoms with E-state index in [1.165, 1.54) is 0 Å². The fourth-order valence-corrected chi connectivity index (χ4v) is 1.87. The fraction of sp³-hybridized carbons (Fsp3) is 0.733. The van der Waals surface area contributed by atoms with Crippen LogP contribution in [0.1, 0.15) is 20.8 Å². The lowest BCUT2D eigenvalue weighted by molar-refractivity contribution is -0.145. The number of carboxylic acids is 1. The summed E-state index contributed by atoms with van der Waals surface area (Å²) >= 11 is 0. The van der Waals surface area contributed by atoms with E-state index in [1.54, 1.807) is 13.8 Å². The molecule has 0 saturated carbocycles. The van der Waals surface area contributed by atoms with Crippen LogP contribution in [0, 0.1) is 5.92 Å². The van der Waals surface area contributed by atoms with Gasteiger partial charge in [-0.3, -0.25) is 14.4 Å². The predicted octanol–water partition coefficient (Wildman–Crippen LogP) is -4.13. The second-order valence-electron chi connectivity index (χ2n) is 6.32. The van der Waals surface area contributed by atoms with Crippen LogP contribution >= 0.6 is 0 Å². The first kappa shape index (κ1) is 24.7. The molecule has 0 spiro atoms. The van der Waals surface area contributed by atoms with Crippen molar-refractivity contribution in [3.63, 3.8) is 0 Å². The Hall–Kier alpha value is -2.28. The topological polar surface area (TPSA) is 211 Å². The third-order valence-corrected chi connectivity index (χ3v) is 3.70. The molecule has 0 rings (SSSR count). The van der Waals surface area contributed by atoms with Crippen molar-refractivity contribution in [3.8, 4) is 0 Å². The Morgan fingerprint density at radius 3 is 1.59 bits per heavy atom. The molecule has 0 heterocycles. The Morgan fingerprint density at radius 1 is 0.852 bits per heavy atom. The normalized spacial score (nSPS) is 16.6. The molecular weight excluding hydrogens is 364 g/mol. The zero-order valence-corrected chi connectivity index (χ0v) is 15.4. The van der Waals surface area contributed by atoms with Gasteiger partial charge >= 0.3 is 5.97 Å². The fourth-order valence-electron chi connectivity index (χ4n) is 1.87. The average molecular weight is 392 g/mol. The zero-order valence-electron chi connectivity index (χ0n) is 15.4. The van der Waals surface area contributed by atoms with Crippen molar-refractivity contribution in [1.29, 1.82) is 0 Å². The first-order chi connectivity index (χ1) is 12.5. The van der Waals surface area contributed by atoms with E-state index < -0.39 is 67.2 Å². The van der Waals surface area contributed by atoms with Crippen molar-refractivity contribution in [2.45, 2.75) is 51.0 Å². The summed E-state index contributed by atoms with van der Waals surface area (Å²) < 4.78 is 0. The number of aliphatic carboxylic acids is 1. The van der Waals surface area contributed by atoms with Crippen LogP contribution in [-0.4, -0.2) is 87.6 Å². The summed E-state index contributed by atoms with van der Waals surface area (Å²) in [5, 5.41) is 43.1. The van der Waals surface area contributed by atoms with E-state index >= 15 is 0 Å². The first-order valence-corrected chi connectivity index (χ1v) is 8.25. The molecule has 0 fully saturated rings. The second kappa shape index (κ2) is 11.4. The highest BCUT2D eigenvalue weighted by atomic mass is 16.4. The van der Waals surface area contributed by atoms with Crippen molar-refractivity contribution in [2.75, 3.05) is 13.2 Å². The van der Waals surface area contributed by atoms with Gasteiger partial charge < -0.3 is 42.1 Å². The summed E-state index contributed by atoms with van der Waals surface area (Å²) in [6.07, 6.45) is -1.43. The Bertz CT molecular complexity index is 540. The van der Waals surface area contributed by atoms with Gasteiger partial charge in [-0.05, 0) is 12.8 Å². The van der Waals surface area contributed by atoms with E-state index in [2.05, 4.69) is 10.6 Å². The third kappa shape index (κ3) is 7.86. The molecule has 0 aromatic heterocycles. The molecule has 0 aliphatic heterocycles. The lowest BCUT2D eigenvalue weighted by Gasteiger charge is -2.24. The molecule has 0 aromatic carbocycles. The van der Waals surface area contributed by atoms with Crippen LogP contribution in [0.25, 0.3) is 0 Å². The molecule has 0 bridgehead atoms. The van der Waals surface area contributed by atoms with Crippen LogP contribution < -0.4 is 21.7 Å². The SMILES string of the molecule is CC(C)[C@H](N)C(=O)N[C@@H](CO)C(=O)N[C@@H](CO)C(=O)N[C@H](C(=O)O)C(C)O. The number of rotatable bonds is 11. The van der Waals surface area contributed by atoms with E-state index in [0.717, 1.165) is 6.92 Å². The number of carbonyl (C=O) groups excluding carboxylic acids is 3. The molecule has 0 saturated heterocycles. The van der Waals surface area contributed by atoms with Crippen LogP contribution in [0.3, 0.4) is 0 Å². The van der Waals surface area contributed by atoms with E-state index in [0.29, 0.717) is 0 Å². The molecule has 0 aliphatic carbocycles. The number of hydrogen-bond acceptors (Lipinski definition) is 8. The molecule has 12 nitrogen and oxygen atoms in total. The predicted molar refractivity (Wildman–Crippen MR) is 92.1 cm³/mol. The van der Waals surface area contributed by atoms with Crippen LogP contribution in [-0.2, 0) is 19.2 Å². The van der Waals surface area contributed by atoms with Gasteiger partial charge in [0, 0.05) is 0 Å². The minimum atomic E-state index is -1.65. The molecule has 12 heteroatoms. The number of carboxylic acid groups (broad SMARTS) is 1. The number of aliphatic hydroxyl groups is 3. The van der Waals surface area contributed by atoms with E-state index in [-0.39, 0.29) is 5.92 Å². The number of nitrogens with one attached hydrogen (secondary N) is 3. The summed E-state index contributed by atoms with van der Waals surface area (Å²) in [5.41, 5.74) is 5.64. The maximum atomic E-state index is 12.1. The van der Waals surface area contributed by atoms with Crippen LogP contribution in [0.5, 0.6) is 0 Å². The van der Waals surface area contributed by atoms with Gasteiger partial charge in [0.2, 0.25) is 17.7 Å². The molecule has 1 unspecified atom stereocenters. The monoisotopic (exact) mass is 392 g/mol. The first-order valence-electron chi connectivity index (χ1n) is 8.25. The molecule has 0 aromatic rings. The molecule has 27 heavy (non-hydrogen) atoms. The van der Waals surface area contributed by atoms with E-state index in [1.807, 2.05) is 5.32 Å². The largest absolute Gasteiger partial charge is 0.480 e. The second-order valence-corrected chi connectivity index (χ2v) is 6.32. The summed E-state index contributed by atoms with van der Waals surface area (Å²) in [5.74, 6) is -4.48. The quantitative estimate of drug-likeness (QED) is 0.171. The van der Waals surface area contributed by atoms with Crippen LogP contribution in [0.15, 0.2) is 0 Å². The summed E-state index contributed by atoms with van der Waals surface area (Å²) in [6, 6.07) is -5.58. The van der Waals surface area contributed by atoms with Gasteiger partial charge in [-0.25, -0.2) is 4.79 Å². The van der Waals surface area contributed by atoms with E-state index in [9.17, 15) is 34.5 Å².